The molecular weight excluding hydrogens is 216 g/mol. The van der Waals surface area contributed by atoms with Crippen LogP contribution in [0.1, 0.15) is 6.92 Å². The van der Waals surface area contributed by atoms with Crippen LogP contribution in [0.2, 0.25) is 0 Å². The van der Waals surface area contributed by atoms with Gasteiger partial charge in [-0.25, -0.2) is 9.59 Å². The molecule has 0 saturated carbocycles. The van der Waals surface area contributed by atoms with Crippen LogP contribution in [0.15, 0.2) is 12.2 Å². The molecular formula is C10H16O6. The number of methoxy groups -OCH3 is 2. The molecule has 0 heterocycles. The zero-order valence-electron chi connectivity index (χ0n) is 9.56. The quantitative estimate of drug-likeness (QED) is 0.499. The lowest BCUT2D eigenvalue weighted by atomic mass is 10.1. The highest BCUT2D eigenvalue weighted by Crippen LogP contribution is 2.12. The van der Waals surface area contributed by atoms with Crippen molar-refractivity contribution in [2.75, 3.05) is 27.4 Å². The van der Waals surface area contributed by atoms with Crippen molar-refractivity contribution in [1.29, 1.82) is 0 Å². The number of carbonyl (C=O) groups excluding carboxylic acids is 1. The highest BCUT2D eigenvalue weighted by Gasteiger charge is 2.28. The molecule has 16 heavy (non-hydrogen) atoms. The van der Waals surface area contributed by atoms with Gasteiger partial charge in [0, 0.05) is 26.4 Å². The van der Waals surface area contributed by atoms with E-state index < -0.39 is 17.5 Å². The van der Waals surface area contributed by atoms with E-state index in [1.54, 1.807) is 6.92 Å². The maximum absolute atomic E-state index is 11.2. The third kappa shape index (κ3) is 6.15. The number of hydrogen-bond acceptors (Lipinski definition) is 5. The first-order valence-corrected chi connectivity index (χ1v) is 4.55. The number of hydrogen-bond donors (Lipinski definition) is 1. The Morgan fingerprint density at radius 1 is 1.19 bits per heavy atom. The zero-order valence-corrected chi connectivity index (χ0v) is 9.56. The van der Waals surface area contributed by atoms with Gasteiger partial charge in [0.05, 0.1) is 13.2 Å². The van der Waals surface area contributed by atoms with Gasteiger partial charge in [-0.05, 0) is 6.92 Å². The standard InChI is InChI=1S/C10H16O6/c1-10(6-14-2,7-15-3)16-9(13)5-4-8(11)12/h4-5H,6-7H2,1-3H3,(H,11,12). The molecule has 0 bridgehead atoms. The van der Waals surface area contributed by atoms with Gasteiger partial charge in [-0.3, -0.25) is 0 Å². The van der Waals surface area contributed by atoms with Gasteiger partial charge in [0.1, 0.15) is 0 Å². The summed E-state index contributed by atoms with van der Waals surface area (Å²) in [7, 11) is 2.93. The first-order valence-electron chi connectivity index (χ1n) is 4.55. The number of aliphatic carboxylic acids is 1. The Balaban J connectivity index is 4.39. The molecule has 6 nitrogen and oxygen atoms in total. The minimum absolute atomic E-state index is 0.160. The van der Waals surface area contributed by atoms with Gasteiger partial charge < -0.3 is 19.3 Å². The predicted molar refractivity (Wildman–Crippen MR) is 55.0 cm³/mol. The number of carboxylic acids is 1. The van der Waals surface area contributed by atoms with Crippen LogP contribution in [-0.2, 0) is 23.8 Å². The molecule has 0 aromatic rings. The van der Waals surface area contributed by atoms with Crippen LogP contribution < -0.4 is 0 Å². The van der Waals surface area contributed by atoms with E-state index in [1.807, 2.05) is 0 Å². The molecule has 0 aromatic carbocycles. The molecule has 0 atom stereocenters. The topological polar surface area (TPSA) is 82.1 Å². The summed E-state index contributed by atoms with van der Waals surface area (Å²) in [6.07, 6.45) is 1.55. The summed E-state index contributed by atoms with van der Waals surface area (Å²) in [6.45, 7) is 1.95. The second-order valence-corrected chi connectivity index (χ2v) is 3.41. The Bertz CT molecular complexity index is 264. The van der Waals surface area contributed by atoms with E-state index >= 15 is 0 Å². The second kappa shape index (κ2) is 6.97. The average molecular weight is 232 g/mol. The van der Waals surface area contributed by atoms with Crippen molar-refractivity contribution in [1.82, 2.24) is 0 Å². The molecule has 0 aliphatic carbocycles. The molecule has 0 saturated heterocycles. The largest absolute Gasteiger partial charge is 0.478 e. The van der Waals surface area contributed by atoms with Crippen LogP contribution >= 0.6 is 0 Å². The summed E-state index contributed by atoms with van der Waals surface area (Å²) in [5.41, 5.74) is -0.927. The molecule has 0 radical (unpaired) electrons. The Morgan fingerprint density at radius 3 is 2.06 bits per heavy atom. The number of carbonyl (C=O) groups is 2. The van der Waals surface area contributed by atoms with Crippen LogP contribution in [0, 0.1) is 0 Å². The Labute approximate surface area is 93.8 Å². The summed E-state index contributed by atoms with van der Waals surface area (Å²) in [5.74, 6) is -1.96. The van der Waals surface area contributed by atoms with Crippen LogP contribution in [0.4, 0.5) is 0 Å². The molecule has 0 aliphatic heterocycles. The van der Waals surface area contributed by atoms with Crippen molar-refractivity contribution >= 4 is 11.9 Å². The van der Waals surface area contributed by atoms with Gasteiger partial charge in [0.25, 0.3) is 0 Å². The maximum Gasteiger partial charge on any atom is 0.331 e. The van der Waals surface area contributed by atoms with Crippen molar-refractivity contribution < 1.29 is 28.9 Å². The van der Waals surface area contributed by atoms with Gasteiger partial charge in [0.2, 0.25) is 0 Å². The number of rotatable bonds is 7. The predicted octanol–water partition coefficient (Wildman–Crippen LogP) is 0.222. The monoisotopic (exact) mass is 232 g/mol. The first-order chi connectivity index (χ1) is 7.43. The summed E-state index contributed by atoms with van der Waals surface area (Å²) in [5, 5.41) is 8.32. The summed E-state index contributed by atoms with van der Waals surface area (Å²) in [6, 6.07) is 0. The molecule has 0 spiro atoms. The fourth-order valence-corrected chi connectivity index (χ4v) is 1.13. The Kier molecular flexibility index (Phi) is 6.36. The molecule has 0 amide bonds. The average Bonchev–Trinajstić information content (AvgIpc) is 2.15. The third-order valence-electron chi connectivity index (χ3n) is 1.61. The van der Waals surface area contributed by atoms with Crippen molar-refractivity contribution in [3.63, 3.8) is 0 Å². The van der Waals surface area contributed by atoms with E-state index in [0.29, 0.717) is 6.08 Å². The van der Waals surface area contributed by atoms with Crippen molar-refractivity contribution in [2.24, 2.45) is 0 Å². The van der Waals surface area contributed by atoms with Crippen molar-refractivity contribution in [3.8, 4) is 0 Å². The number of esters is 1. The van der Waals surface area contributed by atoms with Crippen molar-refractivity contribution in [3.05, 3.63) is 12.2 Å². The van der Waals surface area contributed by atoms with E-state index in [-0.39, 0.29) is 13.2 Å². The summed E-state index contributed by atoms with van der Waals surface area (Å²) < 4.78 is 14.8. The summed E-state index contributed by atoms with van der Waals surface area (Å²) in [4.78, 5) is 21.4. The van der Waals surface area contributed by atoms with Gasteiger partial charge in [-0.2, -0.15) is 0 Å². The normalized spacial score (nSPS) is 11.7. The molecule has 1 N–H and O–H groups in total. The summed E-state index contributed by atoms with van der Waals surface area (Å²) >= 11 is 0. The highest BCUT2D eigenvalue weighted by atomic mass is 16.6. The van der Waals surface area contributed by atoms with E-state index in [2.05, 4.69) is 0 Å². The minimum Gasteiger partial charge on any atom is -0.478 e. The minimum atomic E-state index is -1.21. The molecule has 0 aromatic heterocycles. The van der Waals surface area contributed by atoms with Crippen molar-refractivity contribution in [2.45, 2.75) is 12.5 Å². The van der Waals surface area contributed by atoms with E-state index in [9.17, 15) is 9.59 Å². The van der Waals surface area contributed by atoms with E-state index in [4.69, 9.17) is 19.3 Å². The zero-order chi connectivity index (χ0) is 12.6. The highest BCUT2D eigenvalue weighted by molar-refractivity contribution is 5.90. The van der Waals surface area contributed by atoms with E-state index in [0.717, 1.165) is 6.08 Å². The molecule has 0 rings (SSSR count). The molecule has 92 valence electrons. The van der Waals surface area contributed by atoms with Gasteiger partial charge in [-0.15, -0.1) is 0 Å². The van der Waals surface area contributed by atoms with Crippen LogP contribution in [0.25, 0.3) is 0 Å². The van der Waals surface area contributed by atoms with Gasteiger partial charge in [-0.1, -0.05) is 0 Å². The van der Waals surface area contributed by atoms with Crippen LogP contribution in [0.3, 0.4) is 0 Å². The van der Waals surface area contributed by atoms with Crippen LogP contribution in [-0.4, -0.2) is 50.1 Å². The Hall–Kier alpha value is -1.40. The molecule has 0 aliphatic rings. The molecule has 6 heteroatoms. The fourth-order valence-electron chi connectivity index (χ4n) is 1.13. The third-order valence-corrected chi connectivity index (χ3v) is 1.61. The SMILES string of the molecule is COCC(C)(COC)OC(=O)C=CC(=O)O. The van der Waals surface area contributed by atoms with Gasteiger partial charge in [0.15, 0.2) is 5.60 Å². The number of carboxylic acid groups (broad SMARTS) is 1. The lowest BCUT2D eigenvalue weighted by Gasteiger charge is -2.27. The lowest BCUT2D eigenvalue weighted by molar-refractivity contribution is -0.163. The fraction of sp³-hybridized carbons (Fsp3) is 0.600. The van der Waals surface area contributed by atoms with Gasteiger partial charge >= 0.3 is 11.9 Å². The second-order valence-electron chi connectivity index (χ2n) is 3.41. The smallest absolute Gasteiger partial charge is 0.331 e. The number of ether oxygens (including phenoxy) is 3. The first kappa shape index (κ1) is 14.6. The van der Waals surface area contributed by atoms with E-state index in [1.165, 1.54) is 14.2 Å². The lowest BCUT2D eigenvalue weighted by Crippen LogP contribution is -2.40. The maximum atomic E-state index is 11.2. The molecule has 0 unspecified atom stereocenters. The Morgan fingerprint density at radius 2 is 1.69 bits per heavy atom. The van der Waals surface area contributed by atoms with Crippen LogP contribution in [0.5, 0.6) is 0 Å². The molecule has 0 fully saturated rings.